The Balaban J connectivity index is 1.89. The van der Waals surface area contributed by atoms with Crippen molar-refractivity contribution in [1.29, 1.82) is 0 Å². The minimum absolute atomic E-state index is 0.207. The van der Waals surface area contributed by atoms with Crippen LogP contribution in [0.4, 0.5) is 0 Å². The quantitative estimate of drug-likeness (QED) is 0.850. The van der Waals surface area contributed by atoms with E-state index in [1.54, 1.807) is 0 Å². The Hall–Kier alpha value is -0.570. The molecule has 2 rings (SSSR count). The normalized spacial score (nSPS) is 35.3. The Morgan fingerprint density at radius 3 is 2.42 bits per heavy atom. The molecule has 3 nitrogen and oxygen atoms in total. The summed E-state index contributed by atoms with van der Waals surface area (Å²) in [6.45, 7) is 2.96. The lowest BCUT2D eigenvalue weighted by Gasteiger charge is -2.36. The molecule has 0 spiro atoms. The molecule has 2 saturated carbocycles. The highest BCUT2D eigenvalue weighted by atomic mass is 16.2. The van der Waals surface area contributed by atoms with Gasteiger partial charge in [-0.05, 0) is 56.9 Å². The molecule has 0 aromatic heterocycles. The van der Waals surface area contributed by atoms with Crippen molar-refractivity contribution in [2.24, 2.45) is 23.5 Å². The molecule has 0 aliphatic heterocycles. The van der Waals surface area contributed by atoms with Gasteiger partial charge in [-0.25, -0.2) is 0 Å². The van der Waals surface area contributed by atoms with E-state index in [9.17, 15) is 4.79 Å². The number of carbonyl (C=O) groups excluding carboxylic acids is 1. The molecule has 2 aliphatic rings. The SMILES string of the molecule is CCC1CCC(N(C)C(=O)C2CCCC2CN)CC1. The molecule has 2 aliphatic carbocycles. The molecular weight excluding hydrogens is 236 g/mol. The van der Waals surface area contributed by atoms with Crippen molar-refractivity contribution in [1.82, 2.24) is 4.90 Å². The van der Waals surface area contributed by atoms with Crippen molar-refractivity contribution < 1.29 is 4.79 Å². The van der Waals surface area contributed by atoms with Crippen LogP contribution in [0.25, 0.3) is 0 Å². The van der Waals surface area contributed by atoms with Crippen LogP contribution >= 0.6 is 0 Å². The first-order valence-electron chi connectivity index (χ1n) is 8.14. The third-order valence-electron chi connectivity index (χ3n) is 5.57. The van der Waals surface area contributed by atoms with E-state index in [1.165, 1.54) is 38.5 Å². The summed E-state index contributed by atoms with van der Waals surface area (Å²) in [4.78, 5) is 14.7. The summed E-state index contributed by atoms with van der Waals surface area (Å²) in [5, 5.41) is 0. The molecule has 0 radical (unpaired) electrons. The van der Waals surface area contributed by atoms with Crippen molar-refractivity contribution in [3.8, 4) is 0 Å². The minimum Gasteiger partial charge on any atom is -0.343 e. The number of hydrogen-bond donors (Lipinski definition) is 1. The molecule has 2 atom stereocenters. The van der Waals surface area contributed by atoms with Crippen molar-refractivity contribution in [2.45, 2.75) is 64.3 Å². The van der Waals surface area contributed by atoms with Gasteiger partial charge in [-0.15, -0.1) is 0 Å². The van der Waals surface area contributed by atoms with Crippen LogP contribution in [0.5, 0.6) is 0 Å². The molecule has 110 valence electrons. The average Bonchev–Trinajstić information content (AvgIpc) is 2.94. The number of carbonyl (C=O) groups is 1. The predicted octanol–water partition coefficient (Wildman–Crippen LogP) is 2.79. The highest BCUT2D eigenvalue weighted by Gasteiger charge is 2.36. The predicted molar refractivity (Wildman–Crippen MR) is 78.7 cm³/mol. The molecule has 0 saturated heterocycles. The van der Waals surface area contributed by atoms with Gasteiger partial charge in [-0.2, -0.15) is 0 Å². The summed E-state index contributed by atoms with van der Waals surface area (Å²) in [6, 6.07) is 0.481. The minimum atomic E-state index is 0.207. The standard InChI is InChI=1S/C16H30N2O/c1-3-12-7-9-14(10-8-12)18(2)16(19)15-6-4-5-13(15)11-17/h12-15H,3-11,17H2,1-2H3. The van der Waals surface area contributed by atoms with Crippen molar-refractivity contribution in [3.63, 3.8) is 0 Å². The van der Waals surface area contributed by atoms with Gasteiger partial charge in [-0.1, -0.05) is 19.8 Å². The largest absolute Gasteiger partial charge is 0.343 e. The van der Waals surface area contributed by atoms with Crippen molar-refractivity contribution in [2.75, 3.05) is 13.6 Å². The molecule has 0 bridgehead atoms. The topological polar surface area (TPSA) is 46.3 Å². The maximum atomic E-state index is 12.6. The zero-order chi connectivity index (χ0) is 13.8. The van der Waals surface area contributed by atoms with Gasteiger partial charge in [0.1, 0.15) is 0 Å². The summed E-state index contributed by atoms with van der Waals surface area (Å²) in [5.74, 6) is 1.90. The van der Waals surface area contributed by atoms with Crippen molar-refractivity contribution >= 4 is 5.91 Å². The Bertz CT molecular complexity index is 297. The van der Waals surface area contributed by atoms with Gasteiger partial charge in [-0.3, -0.25) is 4.79 Å². The molecule has 2 N–H and O–H groups in total. The lowest BCUT2D eigenvalue weighted by Crippen LogP contribution is -2.44. The van der Waals surface area contributed by atoms with E-state index in [4.69, 9.17) is 5.73 Å². The van der Waals surface area contributed by atoms with Gasteiger partial charge in [0.25, 0.3) is 0 Å². The molecule has 19 heavy (non-hydrogen) atoms. The van der Waals surface area contributed by atoms with Gasteiger partial charge in [0.05, 0.1) is 0 Å². The van der Waals surface area contributed by atoms with Crippen LogP contribution in [-0.2, 0) is 4.79 Å². The van der Waals surface area contributed by atoms with Crippen LogP contribution in [0.3, 0.4) is 0 Å². The highest BCUT2D eigenvalue weighted by Crippen LogP contribution is 2.35. The second-order valence-electron chi connectivity index (χ2n) is 6.57. The van der Waals surface area contributed by atoms with E-state index in [0.717, 1.165) is 18.8 Å². The second-order valence-corrected chi connectivity index (χ2v) is 6.57. The summed E-state index contributed by atoms with van der Waals surface area (Å²) in [5.41, 5.74) is 5.81. The van der Waals surface area contributed by atoms with E-state index < -0.39 is 0 Å². The monoisotopic (exact) mass is 266 g/mol. The van der Waals surface area contributed by atoms with Crippen LogP contribution in [-0.4, -0.2) is 30.4 Å². The maximum absolute atomic E-state index is 12.6. The second kappa shape index (κ2) is 6.74. The number of nitrogens with two attached hydrogens (primary N) is 1. The summed E-state index contributed by atoms with van der Waals surface area (Å²) >= 11 is 0. The summed E-state index contributed by atoms with van der Waals surface area (Å²) < 4.78 is 0. The van der Waals surface area contributed by atoms with E-state index >= 15 is 0 Å². The third kappa shape index (κ3) is 3.31. The fraction of sp³-hybridized carbons (Fsp3) is 0.938. The Morgan fingerprint density at radius 2 is 1.84 bits per heavy atom. The molecule has 1 amide bonds. The number of amides is 1. The fourth-order valence-corrected chi connectivity index (χ4v) is 4.03. The molecule has 3 heteroatoms. The van der Waals surface area contributed by atoms with Crippen LogP contribution in [0, 0.1) is 17.8 Å². The summed E-state index contributed by atoms with van der Waals surface area (Å²) in [7, 11) is 2.02. The zero-order valence-electron chi connectivity index (χ0n) is 12.6. The first-order chi connectivity index (χ1) is 9.17. The fourth-order valence-electron chi connectivity index (χ4n) is 4.03. The van der Waals surface area contributed by atoms with E-state index in [-0.39, 0.29) is 5.92 Å². The number of hydrogen-bond acceptors (Lipinski definition) is 2. The van der Waals surface area contributed by atoms with Gasteiger partial charge >= 0.3 is 0 Å². The number of rotatable bonds is 4. The zero-order valence-corrected chi connectivity index (χ0v) is 12.6. The molecule has 0 aromatic carbocycles. The van der Waals surface area contributed by atoms with Gasteiger partial charge in [0, 0.05) is 19.0 Å². The third-order valence-corrected chi connectivity index (χ3v) is 5.57. The van der Waals surface area contributed by atoms with Crippen molar-refractivity contribution in [3.05, 3.63) is 0 Å². The molecule has 2 fully saturated rings. The lowest BCUT2D eigenvalue weighted by atomic mass is 9.83. The first-order valence-corrected chi connectivity index (χ1v) is 8.14. The highest BCUT2D eigenvalue weighted by molar-refractivity contribution is 5.79. The van der Waals surface area contributed by atoms with E-state index in [2.05, 4.69) is 11.8 Å². The van der Waals surface area contributed by atoms with E-state index in [1.807, 2.05) is 7.05 Å². The lowest BCUT2D eigenvalue weighted by molar-refractivity contribution is -0.138. The van der Waals surface area contributed by atoms with Crippen LogP contribution in [0.2, 0.25) is 0 Å². The molecule has 0 heterocycles. The molecule has 2 unspecified atom stereocenters. The number of nitrogens with zero attached hydrogens (tertiary/aromatic N) is 1. The van der Waals surface area contributed by atoms with Crippen LogP contribution in [0.15, 0.2) is 0 Å². The smallest absolute Gasteiger partial charge is 0.225 e. The Labute approximate surface area is 117 Å². The van der Waals surface area contributed by atoms with Gasteiger partial charge in [0.2, 0.25) is 5.91 Å². The molecule has 0 aromatic rings. The van der Waals surface area contributed by atoms with Crippen LogP contribution < -0.4 is 5.73 Å². The Morgan fingerprint density at radius 1 is 1.16 bits per heavy atom. The van der Waals surface area contributed by atoms with Gasteiger partial charge < -0.3 is 10.6 Å². The first kappa shape index (κ1) is 14.8. The average molecular weight is 266 g/mol. The Kier molecular flexibility index (Phi) is 5.26. The summed E-state index contributed by atoms with van der Waals surface area (Å²) in [6.07, 6.45) is 9.64. The molecular formula is C16H30N2O. The van der Waals surface area contributed by atoms with E-state index in [0.29, 0.717) is 24.4 Å². The van der Waals surface area contributed by atoms with Gasteiger partial charge in [0.15, 0.2) is 0 Å². The maximum Gasteiger partial charge on any atom is 0.225 e. The van der Waals surface area contributed by atoms with Crippen LogP contribution in [0.1, 0.15) is 58.3 Å².